The Kier molecular flexibility index (Phi) is 5.69. The summed E-state index contributed by atoms with van der Waals surface area (Å²) < 4.78 is 38.5. The maximum Gasteiger partial charge on any atom is 0.417 e. The van der Waals surface area contributed by atoms with Gasteiger partial charge in [-0.15, -0.1) is 11.3 Å². The van der Waals surface area contributed by atoms with E-state index < -0.39 is 35.7 Å². The fraction of sp³-hybridized carbons (Fsp3) is 0.133. The van der Waals surface area contributed by atoms with Crippen LogP contribution in [0.2, 0.25) is 0 Å². The number of thiophene rings is 1. The standard InChI is InChI=1S/C15H12F3N3O2S/c16-15(17,18)12-6-2-1-5-11(12)14(23)19-9-13(22)21-20-8-10-4-3-7-24-10/h1-8H,9H2,(H,19,23)(H,21,22)/b20-8+. The lowest BCUT2D eigenvalue weighted by atomic mass is 10.1. The normalized spacial score (nSPS) is 11.5. The van der Waals surface area contributed by atoms with Crippen molar-refractivity contribution in [1.82, 2.24) is 10.7 Å². The molecule has 1 aromatic carbocycles. The maximum atomic E-state index is 12.8. The summed E-state index contributed by atoms with van der Waals surface area (Å²) in [5, 5.41) is 7.64. The lowest BCUT2D eigenvalue weighted by Crippen LogP contribution is -2.35. The van der Waals surface area contributed by atoms with Crippen LogP contribution in [0, 0.1) is 0 Å². The largest absolute Gasteiger partial charge is 0.417 e. The molecule has 2 rings (SSSR count). The molecule has 0 saturated heterocycles. The van der Waals surface area contributed by atoms with E-state index in [2.05, 4.69) is 15.8 Å². The van der Waals surface area contributed by atoms with E-state index in [0.29, 0.717) is 0 Å². The SMILES string of the molecule is O=C(CNC(=O)c1ccccc1C(F)(F)F)N/N=C/c1cccs1. The van der Waals surface area contributed by atoms with E-state index in [-0.39, 0.29) is 0 Å². The number of alkyl halides is 3. The van der Waals surface area contributed by atoms with Gasteiger partial charge in [-0.3, -0.25) is 9.59 Å². The van der Waals surface area contributed by atoms with E-state index in [9.17, 15) is 22.8 Å². The number of nitrogens with one attached hydrogen (secondary N) is 2. The molecule has 0 aliphatic rings. The molecule has 126 valence electrons. The molecule has 0 radical (unpaired) electrons. The Morgan fingerprint density at radius 3 is 2.58 bits per heavy atom. The summed E-state index contributed by atoms with van der Waals surface area (Å²) in [5.41, 5.74) is 0.574. The van der Waals surface area contributed by atoms with E-state index in [1.54, 1.807) is 6.07 Å². The van der Waals surface area contributed by atoms with Crippen molar-refractivity contribution in [3.63, 3.8) is 0 Å². The summed E-state index contributed by atoms with van der Waals surface area (Å²) in [4.78, 5) is 24.2. The van der Waals surface area contributed by atoms with E-state index in [1.807, 2.05) is 11.4 Å². The molecule has 9 heteroatoms. The van der Waals surface area contributed by atoms with Crippen molar-refractivity contribution in [3.8, 4) is 0 Å². The van der Waals surface area contributed by atoms with E-state index in [0.717, 1.165) is 17.0 Å². The molecule has 5 nitrogen and oxygen atoms in total. The van der Waals surface area contributed by atoms with Gasteiger partial charge in [0.05, 0.1) is 23.9 Å². The molecule has 0 bridgehead atoms. The Morgan fingerprint density at radius 2 is 1.92 bits per heavy atom. The zero-order chi connectivity index (χ0) is 17.6. The first-order valence-electron chi connectivity index (χ1n) is 6.68. The minimum Gasteiger partial charge on any atom is -0.343 e. The summed E-state index contributed by atoms with van der Waals surface area (Å²) >= 11 is 1.42. The Balaban J connectivity index is 1.90. The van der Waals surface area contributed by atoms with E-state index >= 15 is 0 Å². The summed E-state index contributed by atoms with van der Waals surface area (Å²) in [5.74, 6) is -1.64. The first kappa shape index (κ1) is 17.7. The first-order valence-corrected chi connectivity index (χ1v) is 7.55. The second kappa shape index (κ2) is 7.73. The van der Waals surface area contributed by atoms with Gasteiger partial charge in [0.25, 0.3) is 11.8 Å². The zero-order valence-electron chi connectivity index (χ0n) is 12.1. The van der Waals surface area contributed by atoms with Crippen LogP contribution in [0.25, 0.3) is 0 Å². The van der Waals surface area contributed by atoms with Crippen LogP contribution in [0.1, 0.15) is 20.8 Å². The van der Waals surface area contributed by atoms with Crippen LogP contribution in [0.5, 0.6) is 0 Å². The van der Waals surface area contributed by atoms with Crippen molar-refractivity contribution in [3.05, 3.63) is 57.8 Å². The Labute approximate surface area is 139 Å². The van der Waals surface area contributed by atoms with Gasteiger partial charge in [-0.2, -0.15) is 18.3 Å². The van der Waals surface area contributed by atoms with Gasteiger partial charge in [0, 0.05) is 4.88 Å². The van der Waals surface area contributed by atoms with Crippen LogP contribution < -0.4 is 10.7 Å². The van der Waals surface area contributed by atoms with E-state index in [4.69, 9.17) is 0 Å². The number of hydrazone groups is 1. The van der Waals surface area contributed by atoms with Crippen LogP contribution in [-0.4, -0.2) is 24.6 Å². The summed E-state index contributed by atoms with van der Waals surface area (Å²) in [6, 6.07) is 7.95. The molecule has 0 saturated carbocycles. The van der Waals surface area contributed by atoms with Crippen molar-refractivity contribution in [2.24, 2.45) is 5.10 Å². The molecule has 2 N–H and O–H groups in total. The third-order valence-corrected chi connectivity index (χ3v) is 3.62. The average molecular weight is 355 g/mol. The number of amides is 2. The van der Waals surface area contributed by atoms with Crippen molar-refractivity contribution in [2.45, 2.75) is 6.18 Å². The highest BCUT2D eigenvalue weighted by atomic mass is 32.1. The van der Waals surface area contributed by atoms with Gasteiger partial charge in [-0.05, 0) is 23.6 Å². The van der Waals surface area contributed by atoms with Crippen molar-refractivity contribution < 1.29 is 22.8 Å². The predicted molar refractivity (Wildman–Crippen MR) is 83.8 cm³/mol. The van der Waals surface area contributed by atoms with Crippen molar-refractivity contribution >= 4 is 29.4 Å². The van der Waals surface area contributed by atoms with Crippen LogP contribution >= 0.6 is 11.3 Å². The minimum absolute atomic E-state index is 0.493. The molecule has 0 unspecified atom stereocenters. The number of hydrogen-bond acceptors (Lipinski definition) is 4. The number of carbonyl (C=O) groups is 2. The molecule has 0 aliphatic heterocycles. The maximum absolute atomic E-state index is 12.8. The molecule has 0 aliphatic carbocycles. The highest BCUT2D eigenvalue weighted by Crippen LogP contribution is 2.31. The summed E-state index contributed by atoms with van der Waals surface area (Å²) in [6.07, 6.45) is -3.23. The molecule has 2 aromatic rings. The van der Waals surface area contributed by atoms with Crippen LogP contribution in [-0.2, 0) is 11.0 Å². The highest BCUT2D eigenvalue weighted by molar-refractivity contribution is 7.11. The zero-order valence-corrected chi connectivity index (χ0v) is 12.9. The number of rotatable bonds is 5. The van der Waals surface area contributed by atoms with Crippen LogP contribution in [0.4, 0.5) is 13.2 Å². The van der Waals surface area contributed by atoms with Gasteiger partial charge in [0.1, 0.15) is 0 Å². The monoisotopic (exact) mass is 355 g/mol. The Morgan fingerprint density at radius 1 is 1.17 bits per heavy atom. The minimum atomic E-state index is -4.65. The molecular formula is C15H12F3N3O2S. The molecule has 1 aromatic heterocycles. The summed E-state index contributed by atoms with van der Waals surface area (Å²) in [7, 11) is 0. The van der Waals surface area contributed by atoms with Gasteiger partial charge < -0.3 is 5.32 Å². The van der Waals surface area contributed by atoms with Crippen molar-refractivity contribution in [1.29, 1.82) is 0 Å². The lowest BCUT2D eigenvalue weighted by Gasteiger charge is -2.12. The lowest BCUT2D eigenvalue weighted by molar-refractivity contribution is -0.137. The molecule has 0 fully saturated rings. The van der Waals surface area contributed by atoms with Gasteiger partial charge in [0.2, 0.25) is 0 Å². The fourth-order valence-corrected chi connectivity index (χ4v) is 2.34. The number of nitrogens with zero attached hydrogens (tertiary/aromatic N) is 1. The second-order valence-corrected chi connectivity index (χ2v) is 5.51. The molecule has 24 heavy (non-hydrogen) atoms. The topological polar surface area (TPSA) is 70.6 Å². The molecule has 2 amide bonds. The fourth-order valence-electron chi connectivity index (χ4n) is 1.76. The van der Waals surface area contributed by atoms with Gasteiger partial charge in [-0.1, -0.05) is 18.2 Å². The Bertz CT molecular complexity index is 743. The van der Waals surface area contributed by atoms with Crippen LogP contribution in [0.3, 0.4) is 0 Å². The van der Waals surface area contributed by atoms with Gasteiger partial charge in [-0.25, -0.2) is 5.43 Å². The summed E-state index contributed by atoms with van der Waals surface area (Å²) in [6.45, 7) is -0.493. The van der Waals surface area contributed by atoms with Gasteiger partial charge >= 0.3 is 6.18 Å². The van der Waals surface area contributed by atoms with E-state index in [1.165, 1.54) is 29.7 Å². The second-order valence-electron chi connectivity index (χ2n) is 4.53. The first-order chi connectivity index (χ1) is 11.4. The average Bonchev–Trinajstić information content (AvgIpc) is 3.05. The molecular weight excluding hydrogens is 343 g/mol. The number of benzene rings is 1. The number of halogens is 3. The third-order valence-electron chi connectivity index (χ3n) is 2.81. The smallest absolute Gasteiger partial charge is 0.343 e. The molecule has 0 atom stereocenters. The number of hydrogen-bond donors (Lipinski definition) is 2. The molecule has 1 heterocycles. The third kappa shape index (κ3) is 4.92. The van der Waals surface area contributed by atoms with Gasteiger partial charge in [0.15, 0.2) is 0 Å². The molecule has 0 spiro atoms. The predicted octanol–water partition coefficient (Wildman–Crippen LogP) is 2.65. The quantitative estimate of drug-likeness (QED) is 0.639. The number of carbonyl (C=O) groups excluding carboxylic acids is 2. The highest BCUT2D eigenvalue weighted by Gasteiger charge is 2.34. The van der Waals surface area contributed by atoms with Crippen LogP contribution in [0.15, 0.2) is 46.9 Å². The Hall–Kier alpha value is -2.68. The van der Waals surface area contributed by atoms with Crippen molar-refractivity contribution in [2.75, 3.05) is 6.54 Å².